The molecule has 0 aliphatic heterocycles. The van der Waals surface area contributed by atoms with Crippen molar-refractivity contribution in [3.05, 3.63) is 70.3 Å². The molecular weight excluding hydrogens is 369 g/mol. The molecular formula is C19H14IN. The van der Waals surface area contributed by atoms with E-state index in [1.165, 1.54) is 36.5 Å². The maximum Gasteiger partial charge on any atom is 0.0489 e. The molecule has 102 valence electrons. The normalized spacial score (nSPS) is 11.3. The Hall–Kier alpha value is -1.81. The number of aryl methyl sites for hydroxylation is 1. The topological polar surface area (TPSA) is 4.93 Å². The van der Waals surface area contributed by atoms with E-state index in [-0.39, 0.29) is 0 Å². The number of aromatic nitrogens is 1. The molecule has 0 aliphatic rings. The molecule has 0 N–H and O–H groups in total. The van der Waals surface area contributed by atoms with E-state index in [2.05, 4.69) is 101 Å². The minimum absolute atomic E-state index is 1.27. The van der Waals surface area contributed by atoms with E-state index >= 15 is 0 Å². The molecule has 4 aromatic rings. The third-order valence-electron chi connectivity index (χ3n) is 4.07. The smallest absolute Gasteiger partial charge is 0.0489 e. The highest BCUT2D eigenvalue weighted by molar-refractivity contribution is 14.1. The SMILES string of the molecule is Cn1c2ccccc2c2cc(-c3cccc(I)c3)ccc21. The summed E-state index contributed by atoms with van der Waals surface area (Å²) < 4.78 is 3.53. The summed E-state index contributed by atoms with van der Waals surface area (Å²) in [6.45, 7) is 0. The number of hydrogen-bond acceptors (Lipinski definition) is 0. The Bertz CT molecular complexity index is 966. The minimum Gasteiger partial charge on any atom is -0.344 e. The summed E-state index contributed by atoms with van der Waals surface area (Å²) >= 11 is 2.36. The number of hydrogen-bond donors (Lipinski definition) is 0. The Balaban J connectivity index is 2.04. The van der Waals surface area contributed by atoms with Crippen LogP contribution in [-0.2, 0) is 7.05 Å². The van der Waals surface area contributed by atoms with Crippen LogP contribution < -0.4 is 0 Å². The van der Waals surface area contributed by atoms with E-state index in [1.54, 1.807) is 0 Å². The van der Waals surface area contributed by atoms with Gasteiger partial charge in [-0.2, -0.15) is 0 Å². The number of rotatable bonds is 1. The Morgan fingerprint density at radius 2 is 1.48 bits per heavy atom. The predicted molar refractivity (Wildman–Crippen MR) is 98.6 cm³/mol. The second-order valence-corrected chi connectivity index (χ2v) is 6.56. The Morgan fingerprint density at radius 3 is 2.33 bits per heavy atom. The average molecular weight is 383 g/mol. The molecule has 4 rings (SSSR count). The lowest BCUT2D eigenvalue weighted by atomic mass is 10.0. The maximum absolute atomic E-state index is 2.36. The van der Waals surface area contributed by atoms with Gasteiger partial charge in [0.25, 0.3) is 0 Å². The van der Waals surface area contributed by atoms with Gasteiger partial charge in [-0.3, -0.25) is 0 Å². The molecule has 21 heavy (non-hydrogen) atoms. The van der Waals surface area contributed by atoms with Crippen LogP contribution in [-0.4, -0.2) is 4.57 Å². The molecule has 0 saturated heterocycles. The molecule has 0 bridgehead atoms. The van der Waals surface area contributed by atoms with Gasteiger partial charge in [0, 0.05) is 32.4 Å². The van der Waals surface area contributed by atoms with Crippen molar-refractivity contribution in [2.75, 3.05) is 0 Å². The van der Waals surface area contributed by atoms with Crippen molar-refractivity contribution >= 4 is 44.4 Å². The monoisotopic (exact) mass is 383 g/mol. The molecule has 1 aromatic heterocycles. The molecule has 2 heteroatoms. The van der Waals surface area contributed by atoms with Crippen molar-refractivity contribution < 1.29 is 0 Å². The lowest BCUT2D eigenvalue weighted by molar-refractivity contribution is 1.01. The lowest BCUT2D eigenvalue weighted by Crippen LogP contribution is -1.86. The van der Waals surface area contributed by atoms with Crippen LogP contribution in [0.5, 0.6) is 0 Å². The van der Waals surface area contributed by atoms with Crippen molar-refractivity contribution in [1.82, 2.24) is 4.57 Å². The summed E-state index contributed by atoms with van der Waals surface area (Å²) in [4.78, 5) is 0. The highest BCUT2D eigenvalue weighted by Crippen LogP contribution is 2.32. The lowest BCUT2D eigenvalue weighted by Gasteiger charge is -2.04. The van der Waals surface area contributed by atoms with Crippen LogP contribution in [0.3, 0.4) is 0 Å². The van der Waals surface area contributed by atoms with E-state index in [1.807, 2.05) is 0 Å². The summed E-state index contributed by atoms with van der Waals surface area (Å²) in [6, 6.07) is 24.0. The van der Waals surface area contributed by atoms with Gasteiger partial charge in [0.05, 0.1) is 0 Å². The molecule has 0 atom stereocenters. The summed E-state index contributed by atoms with van der Waals surface area (Å²) in [6.07, 6.45) is 0. The first-order valence-electron chi connectivity index (χ1n) is 6.97. The van der Waals surface area contributed by atoms with Gasteiger partial charge in [-0.1, -0.05) is 36.4 Å². The van der Waals surface area contributed by atoms with Gasteiger partial charge < -0.3 is 4.57 Å². The molecule has 0 radical (unpaired) electrons. The number of fused-ring (bicyclic) bond motifs is 3. The van der Waals surface area contributed by atoms with Gasteiger partial charge >= 0.3 is 0 Å². The molecule has 1 heterocycles. The zero-order valence-electron chi connectivity index (χ0n) is 11.7. The predicted octanol–water partition coefficient (Wildman–Crippen LogP) is 5.60. The Kier molecular flexibility index (Phi) is 3.00. The van der Waals surface area contributed by atoms with Crippen LogP contribution in [0, 0.1) is 3.57 Å². The second-order valence-electron chi connectivity index (χ2n) is 5.32. The zero-order chi connectivity index (χ0) is 14.4. The van der Waals surface area contributed by atoms with E-state index in [0.29, 0.717) is 0 Å². The second kappa shape index (κ2) is 4.88. The fourth-order valence-corrected chi connectivity index (χ4v) is 3.56. The van der Waals surface area contributed by atoms with Gasteiger partial charge in [0.2, 0.25) is 0 Å². The van der Waals surface area contributed by atoms with Crippen molar-refractivity contribution in [2.45, 2.75) is 0 Å². The quantitative estimate of drug-likeness (QED) is 0.377. The number of halogens is 1. The molecule has 1 nitrogen and oxygen atoms in total. The van der Waals surface area contributed by atoms with Gasteiger partial charge in [0.1, 0.15) is 0 Å². The van der Waals surface area contributed by atoms with Crippen LogP contribution in [0.2, 0.25) is 0 Å². The van der Waals surface area contributed by atoms with E-state index in [9.17, 15) is 0 Å². The molecule has 0 unspecified atom stereocenters. The first kappa shape index (κ1) is 12.9. The summed E-state index contributed by atoms with van der Waals surface area (Å²) in [5.41, 5.74) is 5.12. The molecule has 0 aliphatic carbocycles. The van der Waals surface area contributed by atoms with Crippen LogP contribution in [0.4, 0.5) is 0 Å². The van der Waals surface area contributed by atoms with Crippen LogP contribution >= 0.6 is 22.6 Å². The van der Waals surface area contributed by atoms with Crippen molar-refractivity contribution in [3.63, 3.8) is 0 Å². The summed E-state index contributed by atoms with van der Waals surface area (Å²) in [5.74, 6) is 0. The maximum atomic E-state index is 2.36. The van der Waals surface area contributed by atoms with Gasteiger partial charge in [-0.25, -0.2) is 0 Å². The van der Waals surface area contributed by atoms with Gasteiger partial charge in [0.15, 0.2) is 0 Å². The number of para-hydroxylation sites is 1. The van der Waals surface area contributed by atoms with Gasteiger partial charge in [-0.05, 0) is 64.0 Å². The van der Waals surface area contributed by atoms with Crippen molar-refractivity contribution in [1.29, 1.82) is 0 Å². The van der Waals surface area contributed by atoms with E-state index in [0.717, 1.165) is 0 Å². The highest BCUT2D eigenvalue weighted by Gasteiger charge is 2.08. The molecule has 3 aromatic carbocycles. The Labute approximate surface area is 137 Å². The fourth-order valence-electron chi connectivity index (χ4n) is 3.02. The number of nitrogens with zero attached hydrogens (tertiary/aromatic N) is 1. The van der Waals surface area contributed by atoms with Crippen molar-refractivity contribution in [2.24, 2.45) is 7.05 Å². The molecule has 0 spiro atoms. The molecule has 0 amide bonds. The van der Waals surface area contributed by atoms with Crippen LogP contribution in [0.1, 0.15) is 0 Å². The third-order valence-corrected chi connectivity index (χ3v) is 4.74. The average Bonchev–Trinajstić information content (AvgIpc) is 2.81. The fraction of sp³-hybridized carbons (Fsp3) is 0.0526. The van der Waals surface area contributed by atoms with Crippen LogP contribution in [0.15, 0.2) is 66.7 Å². The Morgan fingerprint density at radius 1 is 0.714 bits per heavy atom. The van der Waals surface area contributed by atoms with Gasteiger partial charge in [-0.15, -0.1) is 0 Å². The van der Waals surface area contributed by atoms with E-state index < -0.39 is 0 Å². The van der Waals surface area contributed by atoms with Crippen LogP contribution in [0.25, 0.3) is 32.9 Å². The van der Waals surface area contributed by atoms with Crippen molar-refractivity contribution in [3.8, 4) is 11.1 Å². The minimum atomic E-state index is 1.27. The zero-order valence-corrected chi connectivity index (χ0v) is 13.8. The first-order valence-corrected chi connectivity index (χ1v) is 8.05. The number of benzene rings is 3. The first-order chi connectivity index (χ1) is 10.2. The standard InChI is InChI=1S/C19H14IN/c1-21-18-8-3-2-7-16(18)17-12-14(9-10-19(17)21)13-5-4-6-15(20)11-13/h2-12H,1H3. The summed E-state index contributed by atoms with van der Waals surface area (Å²) in [7, 11) is 2.13. The largest absolute Gasteiger partial charge is 0.344 e. The highest BCUT2D eigenvalue weighted by atomic mass is 127. The molecule has 0 fully saturated rings. The van der Waals surface area contributed by atoms with E-state index in [4.69, 9.17) is 0 Å². The third kappa shape index (κ3) is 2.05. The molecule has 0 saturated carbocycles. The summed E-state index contributed by atoms with van der Waals surface area (Å²) in [5, 5.41) is 2.65.